The third kappa shape index (κ3) is 2.84. The number of methoxy groups -OCH3 is 1. The van der Waals surface area contributed by atoms with E-state index in [1.807, 2.05) is 36.8 Å². The molecule has 144 valence electrons. The zero-order valence-corrected chi connectivity index (χ0v) is 16.5. The van der Waals surface area contributed by atoms with Crippen molar-refractivity contribution in [2.75, 3.05) is 7.11 Å². The van der Waals surface area contributed by atoms with Gasteiger partial charge in [-0.2, -0.15) is 5.10 Å². The Morgan fingerprint density at radius 2 is 1.79 bits per heavy atom. The number of nitrogens with one attached hydrogen (secondary N) is 2. The Hall–Kier alpha value is -3.67. The normalized spacial score (nSPS) is 11.6. The standard InChI is InChI=1S/C23H21N5O/c1-13(2)21-17-10-14(15-5-7-20(29-3)25-11-15)4-6-19(17)27-22(21)16-8-9-24-23-18(16)12-26-28-23/h4-13,27H,1-3H3,(H,24,26,28). The maximum Gasteiger partial charge on any atom is 0.212 e. The average molecular weight is 383 g/mol. The summed E-state index contributed by atoms with van der Waals surface area (Å²) < 4.78 is 5.18. The predicted octanol–water partition coefficient (Wildman–Crippen LogP) is 5.30. The van der Waals surface area contributed by atoms with E-state index in [-0.39, 0.29) is 0 Å². The Bertz CT molecular complexity index is 1310. The number of rotatable bonds is 4. The van der Waals surface area contributed by atoms with Crippen LogP contribution in [0.3, 0.4) is 0 Å². The molecule has 0 bridgehead atoms. The maximum absolute atomic E-state index is 5.18. The fraction of sp³-hybridized carbons (Fsp3) is 0.174. The fourth-order valence-corrected chi connectivity index (χ4v) is 3.95. The highest BCUT2D eigenvalue weighted by atomic mass is 16.5. The van der Waals surface area contributed by atoms with Gasteiger partial charge in [0, 0.05) is 45.9 Å². The van der Waals surface area contributed by atoms with Crippen LogP contribution in [-0.4, -0.2) is 32.3 Å². The zero-order valence-electron chi connectivity index (χ0n) is 16.5. The van der Waals surface area contributed by atoms with Crippen LogP contribution in [0, 0.1) is 0 Å². The molecule has 0 saturated carbocycles. The molecule has 0 spiro atoms. The van der Waals surface area contributed by atoms with Crippen LogP contribution in [0.15, 0.2) is 55.0 Å². The maximum atomic E-state index is 5.18. The third-order valence-corrected chi connectivity index (χ3v) is 5.32. The summed E-state index contributed by atoms with van der Waals surface area (Å²) in [4.78, 5) is 12.4. The topological polar surface area (TPSA) is 79.5 Å². The molecule has 0 aliphatic rings. The quantitative estimate of drug-likeness (QED) is 0.441. The van der Waals surface area contributed by atoms with Crippen LogP contribution >= 0.6 is 0 Å². The van der Waals surface area contributed by atoms with Crippen molar-refractivity contribution in [3.63, 3.8) is 0 Å². The summed E-state index contributed by atoms with van der Waals surface area (Å²) in [7, 11) is 1.63. The number of H-pyrrole nitrogens is 2. The zero-order chi connectivity index (χ0) is 20.0. The Balaban J connectivity index is 1.72. The Kier molecular flexibility index (Phi) is 4.05. The highest BCUT2D eigenvalue weighted by molar-refractivity contribution is 5.99. The minimum absolute atomic E-state index is 0.345. The first-order valence-electron chi connectivity index (χ1n) is 9.60. The van der Waals surface area contributed by atoms with Crippen molar-refractivity contribution >= 4 is 21.9 Å². The van der Waals surface area contributed by atoms with Crippen molar-refractivity contribution < 1.29 is 4.74 Å². The molecule has 4 aromatic heterocycles. The van der Waals surface area contributed by atoms with E-state index < -0.39 is 0 Å². The molecule has 0 unspecified atom stereocenters. The van der Waals surface area contributed by atoms with Gasteiger partial charge in [-0.15, -0.1) is 0 Å². The van der Waals surface area contributed by atoms with Gasteiger partial charge in [-0.1, -0.05) is 19.9 Å². The van der Waals surface area contributed by atoms with Crippen LogP contribution in [0.25, 0.3) is 44.3 Å². The fourth-order valence-electron chi connectivity index (χ4n) is 3.95. The van der Waals surface area contributed by atoms with Gasteiger partial charge in [-0.3, -0.25) is 5.10 Å². The average Bonchev–Trinajstić information content (AvgIpc) is 3.37. The number of benzene rings is 1. The number of aromatic amines is 2. The van der Waals surface area contributed by atoms with Gasteiger partial charge in [0.25, 0.3) is 0 Å². The first kappa shape index (κ1) is 17.4. The minimum Gasteiger partial charge on any atom is -0.481 e. The molecule has 0 aliphatic heterocycles. The van der Waals surface area contributed by atoms with Gasteiger partial charge in [0.15, 0.2) is 5.65 Å². The monoisotopic (exact) mass is 383 g/mol. The van der Waals surface area contributed by atoms with Gasteiger partial charge >= 0.3 is 0 Å². The SMILES string of the molecule is COc1ccc(-c2ccc3[nH]c(-c4ccnc5[nH]ncc45)c(C(C)C)c3c2)cn1. The number of hydrogen-bond donors (Lipinski definition) is 2. The number of hydrogen-bond acceptors (Lipinski definition) is 4. The van der Waals surface area contributed by atoms with E-state index in [0.717, 1.165) is 38.9 Å². The highest BCUT2D eigenvalue weighted by Gasteiger charge is 2.19. The van der Waals surface area contributed by atoms with Gasteiger partial charge < -0.3 is 9.72 Å². The van der Waals surface area contributed by atoms with E-state index in [4.69, 9.17) is 4.74 Å². The summed E-state index contributed by atoms with van der Waals surface area (Å²) in [6.07, 6.45) is 5.50. The van der Waals surface area contributed by atoms with E-state index in [1.165, 1.54) is 10.9 Å². The smallest absolute Gasteiger partial charge is 0.212 e. The lowest BCUT2D eigenvalue weighted by Crippen LogP contribution is -1.91. The second-order valence-corrected chi connectivity index (χ2v) is 7.41. The molecule has 6 nitrogen and oxygen atoms in total. The highest BCUT2D eigenvalue weighted by Crippen LogP contribution is 2.39. The Morgan fingerprint density at radius 3 is 2.55 bits per heavy atom. The molecule has 29 heavy (non-hydrogen) atoms. The van der Waals surface area contributed by atoms with Crippen molar-refractivity contribution in [1.29, 1.82) is 0 Å². The lowest BCUT2D eigenvalue weighted by molar-refractivity contribution is 0.398. The van der Waals surface area contributed by atoms with Crippen LogP contribution in [0.5, 0.6) is 5.88 Å². The van der Waals surface area contributed by atoms with Crippen molar-refractivity contribution in [2.45, 2.75) is 19.8 Å². The molecule has 2 N–H and O–H groups in total. The van der Waals surface area contributed by atoms with Crippen molar-refractivity contribution in [2.24, 2.45) is 0 Å². The van der Waals surface area contributed by atoms with Crippen LogP contribution < -0.4 is 4.74 Å². The Labute approximate surface area is 168 Å². The van der Waals surface area contributed by atoms with Crippen molar-refractivity contribution in [3.8, 4) is 28.3 Å². The molecule has 0 amide bonds. The third-order valence-electron chi connectivity index (χ3n) is 5.32. The first-order valence-corrected chi connectivity index (χ1v) is 9.60. The first-order chi connectivity index (χ1) is 14.2. The van der Waals surface area contributed by atoms with Gasteiger partial charge in [0.1, 0.15) is 0 Å². The van der Waals surface area contributed by atoms with Gasteiger partial charge in [0.2, 0.25) is 5.88 Å². The molecule has 0 saturated heterocycles. The lowest BCUT2D eigenvalue weighted by atomic mass is 9.94. The molecule has 5 aromatic rings. The predicted molar refractivity (Wildman–Crippen MR) is 115 cm³/mol. The van der Waals surface area contributed by atoms with E-state index in [0.29, 0.717) is 11.8 Å². The number of aromatic nitrogens is 5. The largest absolute Gasteiger partial charge is 0.481 e. The second kappa shape index (κ2) is 6.74. The van der Waals surface area contributed by atoms with E-state index in [9.17, 15) is 0 Å². The van der Waals surface area contributed by atoms with Crippen LogP contribution in [0.4, 0.5) is 0 Å². The summed E-state index contributed by atoms with van der Waals surface area (Å²) in [6.45, 7) is 4.45. The van der Waals surface area contributed by atoms with E-state index >= 15 is 0 Å². The molecule has 0 atom stereocenters. The number of ether oxygens (including phenoxy) is 1. The van der Waals surface area contributed by atoms with Gasteiger partial charge in [0.05, 0.1) is 19.0 Å². The summed E-state index contributed by atoms with van der Waals surface area (Å²) in [5.74, 6) is 0.960. The summed E-state index contributed by atoms with van der Waals surface area (Å²) >= 11 is 0. The minimum atomic E-state index is 0.345. The van der Waals surface area contributed by atoms with Crippen LogP contribution in [0.2, 0.25) is 0 Å². The van der Waals surface area contributed by atoms with Gasteiger partial charge in [-0.05, 0) is 41.3 Å². The van der Waals surface area contributed by atoms with Crippen molar-refractivity contribution in [1.82, 2.24) is 25.1 Å². The molecular weight excluding hydrogens is 362 g/mol. The molecular formula is C23H21N5O. The Morgan fingerprint density at radius 1 is 0.931 bits per heavy atom. The van der Waals surface area contributed by atoms with Crippen molar-refractivity contribution in [3.05, 3.63) is 60.6 Å². The molecule has 0 aliphatic carbocycles. The number of pyridine rings is 2. The second-order valence-electron chi connectivity index (χ2n) is 7.41. The summed E-state index contributed by atoms with van der Waals surface area (Å²) in [5.41, 5.74) is 7.61. The molecule has 6 heteroatoms. The summed E-state index contributed by atoms with van der Waals surface area (Å²) in [5, 5.41) is 9.36. The lowest BCUT2D eigenvalue weighted by Gasteiger charge is -2.10. The van der Waals surface area contributed by atoms with Crippen LogP contribution in [-0.2, 0) is 0 Å². The molecule has 1 aromatic carbocycles. The van der Waals surface area contributed by atoms with E-state index in [1.54, 1.807) is 7.11 Å². The number of fused-ring (bicyclic) bond motifs is 2. The molecule has 5 rings (SSSR count). The van der Waals surface area contributed by atoms with Gasteiger partial charge in [-0.25, -0.2) is 9.97 Å². The molecule has 0 fully saturated rings. The van der Waals surface area contributed by atoms with E-state index in [2.05, 4.69) is 57.2 Å². The number of nitrogens with zero attached hydrogens (tertiary/aromatic N) is 3. The molecule has 0 radical (unpaired) electrons. The summed E-state index contributed by atoms with van der Waals surface area (Å²) in [6, 6.07) is 12.5. The van der Waals surface area contributed by atoms with Crippen LogP contribution in [0.1, 0.15) is 25.3 Å². The molecule has 4 heterocycles.